The number of carbonyl (C=O) groups is 1. The molecule has 0 spiro atoms. The van der Waals surface area contributed by atoms with Gasteiger partial charge in [-0.05, 0) is 43.3 Å². The van der Waals surface area contributed by atoms with E-state index < -0.39 is 0 Å². The number of furan rings is 1. The lowest BCUT2D eigenvalue weighted by molar-refractivity contribution is 0.0997. The van der Waals surface area contributed by atoms with Gasteiger partial charge in [-0.3, -0.25) is 4.79 Å². The van der Waals surface area contributed by atoms with Crippen LogP contribution in [0.25, 0.3) is 0 Å². The molecule has 3 aromatic heterocycles. The highest BCUT2D eigenvalue weighted by molar-refractivity contribution is 7.16. The number of aryl methyl sites for hydroxylation is 1. The topological polar surface area (TPSA) is 76.4 Å². The predicted molar refractivity (Wildman–Crippen MR) is 118 cm³/mol. The van der Waals surface area contributed by atoms with Crippen molar-refractivity contribution in [2.24, 2.45) is 0 Å². The van der Waals surface area contributed by atoms with Crippen LogP contribution in [0.1, 0.15) is 32.6 Å². The molecule has 3 heterocycles. The van der Waals surface area contributed by atoms with Gasteiger partial charge in [0.2, 0.25) is 0 Å². The average Bonchev–Trinajstić information content (AvgIpc) is 3.43. The zero-order valence-corrected chi connectivity index (χ0v) is 17.4. The van der Waals surface area contributed by atoms with E-state index >= 15 is 0 Å². The first-order valence-corrected chi connectivity index (χ1v) is 10.2. The maximum atomic E-state index is 12.6. The number of rotatable bonds is 7. The number of aromatic nitrogens is 1. The number of hydrogen-bond acceptors (Lipinski definition) is 6. The minimum Gasteiger partial charge on any atom is -0.496 e. The van der Waals surface area contributed by atoms with E-state index in [1.54, 1.807) is 25.4 Å². The second-order valence-electron chi connectivity index (χ2n) is 6.61. The highest BCUT2D eigenvalue weighted by Crippen LogP contribution is 2.40. The van der Waals surface area contributed by atoms with Crippen molar-refractivity contribution >= 4 is 28.1 Å². The van der Waals surface area contributed by atoms with Crippen molar-refractivity contribution in [2.45, 2.75) is 13.0 Å². The Balaban J connectivity index is 1.76. The molecule has 1 unspecified atom stereocenters. The standard InChI is InChI=1S/C23H21N3O3S/c1-15-14-17(23(30-15)26-22(27)19-10-7-13-29-19)21(25-20-11-5-6-12-24-20)16-8-3-4-9-18(16)28-2/h3-14,21H,1-2H3,(H,24,25)(H,26,27). The van der Waals surface area contributed by atoms with Gasteiger partial charge in [-0.2, -0.15) is 0 Å². The molecular formula is C23H21N3O3S. The number of nitrogens with one attached hydrogen (secondary N) is 2. The highest BCUT2D eigenvalue weighted by Gasteiger charge is 2.25. The van der Waals surface area contributed by atoms with Gasteiger partial charge < -0.3 is 19.8 Å². The first-order chi connectivity index (χ1) is 14.7. The fraction of sp³-hybridized carbons (Fsp3) is 0.130. The Morgan fingerprint density at radius 2 is 1.93 bits per heavy atom. The fourth-order valence-electron chi connectivity index (χ4n) is 3.24. The van der Waals surface area contributed by atoms with Crippen molar-refractivity contribution in [3.63, 3.8) is 0 Å². The summed E-state index contributed by atoms with van der Waals surface area (Å²) >= 11 is 1.51. The van der Waals surface area contributed by atoms with Crippen molar-refractivity contribution in [2.75, 3.05) is 17.7 Å². The Bertz CT molecular complexity index is 1120. The van der Waals surface area contributed by atoms with Gasteiger partial charge in [0.05, 0.1) is 19.4 Å². The van der Waals surface area contributed by atoms with Crippen LogP contribution in [-0.2, 0) is 0 Å². The van der Waals surface area contributed by atoms with E-state index in [2.05, 4.69) is 21.7 Å². The molecule has 1 amide bonds. The second kappa shape index (κ2) is 8.84. The average molecular weight is 420 g/mol. The third kappa shape index (κ3) is 4.21. The third-order valence-electron chi connectivity index (χ3n) is 4.57. The molecule has 0 aliphatic carbocycles. The molecule has 0 saturated carbocycles. The smallest absolute Gasteiger partial charge is 0.291 e. The monoisotopic (exact) mass is 419 g/mol. The number of amides is 1. The van der Waals surface area contributed by atoms with Gasteiger partial charge in [-0.1, -0.05) is 24.3 Å². The summed E-state index contributed by atoms with van der Waals surface area (Å²) in [5, 5.41) is 7.22. The van der Waals surface area contributed by atoms with E-state index in [-0.39, 0.29) is 17.7 Å². The predicted octanol–water partition coefficient (Wildman–Crippen LogP) is 5.51. The summed E-state index contributed by atoms with van der Waals surface area (Å²) in [6.07, 6.45) is 3.22. The largest absolute Gasteiger partial charge is 0.496 e. The summed E-state index contributed by atoms with van der Waals surface area (Å²) in [6.45, 7) is 2.01. The molecule has 2 N–H and O–H groups in total. The molecule has 0 saturated heterocycles. The number of pyridine rings is 1. The molecule has 0 radical (unpaired) electrons. The van der Waals surface area contributed by atoms with Gasteiger partial charge in [0.25, 0.3) is 5.91 Å². The third-order valence-corrected chi connectivity index (χ3v) is 5.56. The van der Waals surface area contributed by atoms with Crippen LogP contribution in [0, 0.1) is 6.92 Å². The minimum atomic E-state index is -0.292. The van der Waals surface area contributed by atoms with Gasteiger partial charge in [-0.25, -0.2) is 4.98 Å². The van der Waals surface area contributed by atoms with Crippen LogP contribution in [-0.4, -0.2) is 18.0 Å². The Hall–Kier alpha value is -3.58. The molecule has 0 aliphatic rings. The molecule has 7 heteroatoms. The van der Waals surface area contributed by atoms with E-state index in [1.807, 2.05) is 49.4 Å². The van der Waals surface area contributed by atoms with E-state index in [4.69, 9.17) is 9.15 Å². The van der Waals surface area contributed by atoms with Crippen LogP contribution in [0.4, 0.5) is 10.8 Å². The van der Waals surface area contributed by atoms with Gasteiger partial charge in [0, 0.05) is 22.2 Å². The van der Waals surface area contributed by atoms with Gasteiger partial charge in [-0.15, -0.1) is 11.3 Å². The molecule has 0 fully saturated rings. The van der Waals surface area contributed by atoms with E-state index in [9.17, 15) is 4.79 Å². The molecule has 152 valence electrons. The lowest BCUT2D eigenvalue weighted by Gasteiger charge is -2.22. The highest BCUT2D eigenvalue weighted by atomic mass is 32.1. The Morgan fingerprint density at radius 1 is 1.10 bits per heavy atom. The van der Waals surface area contributed by atoms with Crippen molar-refractivity contribution in [3.8, 4) is 5.75 Å². The lowest BCUT2D eigenvalue weighted by atomic mass is 9.99. The number of para-hydroxylation sites is 1. The van der Waals surface area contributed by atoms with Gasteiger partial charge in [0.1, 0.15) is 16.6 Å². The Morgan fingerprint density at radius 3 is 2.67 bits per heavy atom. The van der Waals surface area contributed by atoms with E-state index in [1.165, 1.54) is 17.6 Å². The van der Waals surface area contributed by atoms with Crippen LogP contribution >= 0.6 is 11.3 Å². The zero-order chi connectivity index (χ0) is 20.9. The summed E-state index contributed by atoms with van der Waals surface area (Å²) < 4.78 is 10.9. The molecule has 0 bridgehead atoms. The summed E-state index contributed by atoms with van der Waals surface area (Å²) in [5.41, 5.74) is 1.87. The molecule has 6 nitrogen and oxygen atoms in total. The van der Waals surface area contributed by atoms with Crippen LogP contribution in [0.5, 0.6) is 5.75 Å². The fourth-order valence-corrected chi connectivity index (χ4v) is 4.19. The van der Waals surface area contributed by atoms with Crippen molar-refractivity contribution < 1.29 is 13.9 Å². The van der Waals surface area contributed by atoms with Crippen LogP contribution in [0.3, 0.4) is 0 Å². The number of ether oxygens (including phenoxy) is 1. The van der Waals surface area contributed by atoms with E-state index in [0.717, 1.165) is 32.6 Å². The van der Waals surface area contributed by atoms with Crippen LogP contribution in [0.2, 0.25) is 0 Å². The molecule has 4 rings (SSSR count). The molecule has 0 aliphatic heterocycles. The van der Waals surface area contributed by atoms with Gasteiger partial charge in [0.15, 0.2) is 5.76 Å². The van der Waals surface area contributed by atoms with Crippen molar-refractivity contribution in [1.29, 1.82) is 0 Å². The Kier molecular flexibility index (Phi) is 5.81. The summed E-state index contributed by atoms with van der Waals surface area (Å²) in [4.78, 5) is 18.1. The molecule has 1 atom stereocenters. The molecular weight excluding hydrogens is 398 g/mol. The van der Waals surface area contributed by atoms with Gasteiger partial charge >= 0.3 is 0 Å². The molecule has 1 aromatic carbocycles. The summed E-state index contributed by atoms with van der Waals surface area (Å²) in [5.74, 6) is 1.44. The number of benzene rings is 1. The number of nitrogens with zero attached hydrogens (tertiary/aromatic N) is 1. The molecule has 4 aromatic rings. The number of carbonyl (C=O) groups excluding carboxylic acids is 1. The number of anilines is 2. The van der Waals surface area contributed by atoms with Crippen molar-refractivity contribution in [1.82, 2.24) is 4.98 Å². The number of hydrogen-bond donors (Lipinski definition) is 2. The lowest BCUT2D eigenvalue weighted by Crippen LogP contribution is -2.17. The second-order valence-corrected chi connectivity index (χ2v) is 7.86. The first kappa shape index (κ1) is 19.7. The quantitative estimate of drug-likeness (QED) is 0.413. The minimum absolute atomic E-state index is 0.263. The number of thiophene rings is 1. The maximum absolute atomic E-state index is 12.6. The van der Waals surface area contributed by atoms with E-state index in [0.29, 0.717) is 0 Å². The SMILES string of the molecule is COc1ccccc1C(Nc1ccccn1)c1cc(C)sc1NC(=O)c1ccco1. The zero-order valence-electron chi connectivity index (χ0n) is 16.6. The first-order valence-electron chi connectivity index (χ1n) is 9.41. The van der Waals surface area contributed by atoms with Crippen LogP contribution < -0.4 is 15.4 Å². The normalized spacial score (nSPS) is 11.7. The molecule has 30 heavy (non-hydrogen) atoms. The summed E-state index contributed by atoms with van der Waals surface area (Å²) in [7, 11) is 1.65. The summed E-state index contributed by atoms with van der Waals surface area (Å²) in [6, 6.07) is 18.6. The number of methoxy groups -OCH3 is 1. The maximum Gasteiger partial charge on any atom is 0.291 e. The van der Waals surface area contributed by atoms with Crippen LogP contribution in [0.15, 0.2) is 77.5 Å². The van der Waals surface area contributed by atoms with Crippen molar-refractivity contribution in [3.05, 3.63) is 94.9 Å². The Labute approximate surface area is 178 Å².